The van der Waals surface area contributed by atoms with Gasteiger partial charge in [0.25, 0.3) is 0 Å². The largest absolute Gasteiger partial charge is 0.477 e. The molecule has 2 aromatic rings. The maximum Gasteiger partial charge on any atom is 0.352 e. The summed E-state index contributed by atoms with van der Waals surface area (Å²) in [5.41, 5.74) is 3.69. The monoisotopic (exact) mass is 257 g/mol. The number of aryl methyl sites for hydroxylation is 1. The maximum atomic E-state index is 11.2. The lowest BCUT2D eigenvalue weighted by molar-refractivity contribution is 0.0685. The van der Waals surface area contributed by atoms with Crippen molar-refractivity contribution in [2.24, 2.45) is 0 Å². The van der Waals surface area contributed by atoms with E-state index in [1.165, 1.54) is 5.56 Å². The van der Waals surface area contributed by atoms with Gasteiger partial charge in [-0.15, -0.1) is 0 Å². The molecule has 0 aliphatic rings. The van der Waals surface area contributed by atoms with Gasteiger partial charge in [0, 0.05) is 12.2 Å². The average molecular weight is 257 g/mol. The Morgan fingerprint density at radius 2 is 1.79 bits per heavy atom. The van der Waals surface area contributed by atoms with E-state index < -0.39 is 5.97 Å². The predicted octanol–water partition coefficient (Wildman–Crippen LogP) is 3.83. The van der Waals surface area contributed by atoms with Crippen molar-refractivity contribution in [3.8, 4) is 11.3 Å². The van der Waals surface area contributed by atoms with Crippen LogP contribution in [0.4, 0.5) is 0 Å². The number of rotatable bonds is 5. The van der Waals surface area contributed by atoms with Crippen molar-refractivity contribution in [1.82, 2.24) is 4.57 Å². The third-order valence-corrected chi connectivity index (χ3v) is 3.30. The van der Waals surface area contributed by atoms with Crippen molar-refractivity contribution in [2.45, 2.75) is 33.2 Å². The molecule has 0 amide bonds. The van der Waals surface area contributed by atoms with Crippen molar-refractivity contribution in [1.29, 1.82) is 0 Å². The van der Waals surface area contributed by atoms with Crippen LogP contribution in [0, 0.1) is 0 Å². The Morgan fingerprint density at radius 1 is 1.11 bits per heavy atom. The van der Waals surface area contributed by atoms with Crippen LogP contribution >= 0.6 is 0 Å². The van der Waals surface area contributed by atoms with Gasteiger partial charge in [0.2, 0.25) is 0 Å². The molecule has 0 spiro atoms. The molecule has 1 N–H and O–H groups in total. The number of hydrogen-bond donors (Lipinski definition) is 1. The minimum atomic E-state index is -0.870. The van der Waals surface area contributed by atoms with Gasteiger partial charge in [-0.05, 0) is 36.1 Å². The number of carbonyl (C=O) groups is 1. The van der Waals surface area contributed by atoms with Crippen molar-refractivity contribution < 1.29 is 9.90 Å². The summed E-state index contributed by atoms with van der Waals surface area (Å²) in [6.07, 6.45) is 1.92. The molecule has 100 valence electrons. The second-order valence-corrected chi connectivity index (χ2v) is 4.61. The summed E-state index contributed by atoms with van der Waals surface area (Å²) in [6, 6.07) is 11.9. The van der Waals surface area contributed by atoms with Crippen molar-refractivity contribution in [2.75, 3.05) is 0 Å². The predicted molar refractivity (Wildman–Crippen MR) is 76.5 cm³/mol. The van der Waals surface area contributed by atoms with E-state index in [1.807, 2.05) is 10.6 Å². The number of aromatic nitrogens is 1. The second kappa shape index (κ2) is 5.74. The minimum Gasteiger partial charge on any atom is -0.477 e. The van der Waals surface area contributed by atoms with E-state index in [0.29, 0.717) is 5.69 Å². The second-order valence-electron chi connectivity index (χ2n) is 4.61. The summed E-state index contributed by atoms with van der Waals surface area (Å²) in [6.45, 7) is 4.90. The van der Waals surface area contributed by atoms with Gasteiger partial charge in [-0.1, -0.05) is 38.1 Å². The number of carboxylic acid groups (broad SMARTS) is 1. The molecule has 2 rings (SSSR count). The third-order valence-electron chi connectivity index (χ3n) is 3.30. The Morgan fingerprint density at radius 3 is 2.32 bits per heavy atom. The van der Waals surface area contributed by atoms with Crippen molar-refractivity contribution in [3.05, 3.63) is 47.7 Å². The van der Waals surface area contributed by atoms with E-state index in [1.54, 1.807) is 6.07 Å². The SMILES string of the molecule is CCCn1c(C(=O)O)ccc1-c1ccc(CC)cc1. The van der Waals surface area contributed by atoms with Crippen molar-refractivity contribution in [3.63, 3.8) is 0 Å². The zero-order chi connectivity index (χ0) is 13.8. The molecule has 3 nitrogen and oxygen atoms in total. The molecular formula is C16H19NO2. The lowest BCUT2D eigenvalue weighted by atomic mass is 10.1. The first-order valence-electron chi connectivity index (χ1n) is 6.69. The van der Waals surface area contributed by atoms with Gasteiger partial charge in [-0.2, -0.15) is 0 Å². The first-order valence-corrected chi connectivity index (χ1v) is 6.69. The molecule has 3 heteroatoms. The molecule has 0 radical (unpaired) electrons. The summed E-state index contributed by atoms with van der Waals surface area (Å²) in [5.74, 6) is -0.870. The highest BCUT2D eigenvalue weighted by Crippen LogP contribution is 2.24. The highest BCUT2D eigenvalue weighted by atomic mass is 16.4. The smallest absolute Gasteiger partial charge is 0.352 e. The fourth-order valence-corrected chi connectivity index (χ4v) is 2.28. The standard InChI is InChI=1S/C16H19NO2/c1-3-11-17-14(9-10-15(17)16(18)19)13-7-5-12(4-2)6-8-13/h5-10H,3-4,11H2,1-2H3,(H,18,19). The highest BCUT2D eigenvalue weighted by molar-refractivity contribution is 5.87. The Hall–Kier alpha value is -2.03. The molecule has 19 heavy (non-hydrogen) atoms. The van der Waals surface area contributed by atoms with E-state index in [2.05, 4.69) is 38.1 Å². The topological polar surface area (TPSA) is 42.2 Å². The van der Waals surface area contributed by atoms with E-state index >= 15 is 0 Å². The summed E-state index contributed by atoms with van der Waals surface area (Å²) in [5, 5.41) is 9.21. The van der Waals surface area contributed by atoms with Gasteiger partial charge in [-0.25, -0.2) is 4.79 Å². The lowest BCUT2D eigenvalue weighted by Crippen LogP contribution is -2.09. The summed E-state index contributed by atoms with van der Waals surface area (Å²) < 4.78 is 1.88. The minimum absolute atomic E-state index is 0.358. The van der Waals surface area contributed by atoms with Crippen LogP contribution in [0.1, 0.15) is 36.3 Å². The average Bonchev–Trinajstić information content (AvgIpc) is 2.83. The van der Waals surface area contributed by atoms with E-state index in [9.17, 15) is 9.90 Å². The van der Waals surface area contributed by atoms with Crippen LogP contribution < -0.4 is 0 Å². The molecule has 0 unspecified atom stereocenters. The number of nitrogens with zero attached hydrogens (tertiary/aromatic N) is 1. The van der Waals surface area contributed by atoms with Gasteiger partial charge in [0.15, 0.2) is 0 Å². The Labute approximate surface area is 113 Å². The first-order chi connectivity index (χ1) is 9.17. The number of hydrogen-bond acceptors (Lipinski definition) is 1. The zero-order valence-corrected chi connectivity index (χ0v) is 11.4. The van der Waals surface area contributed by atoms with Crippen LogP contribution in [0.25, 0.3) is 11.3 Å². The molecule has 0 saturated carbocycles. The Balaban J connectivity index is 2.45. The molecule has 0 fully saturated rings. The van der Waals surface area contributed by atoms with Gasteiger partial charge < -0.3 is 9.67 Å². The summed E-state index contributed by atoms with van der Waals surface area (Å²) >= 11 is 0. The first kappa shape index (κ1) is 13.4. The van der Waals surface area contributed by atoms with Crippen LogP contribution in [-0.4, -0.2) is 15.6 Å². The van der Waals surface area contributed by atoms with E-state index in [0.717, 1.165) is 30.6 Å². The van der Waals surface area contributed by atoms with Crippen LogP contribution in [0.3, 0.4) is 0 Å². The van der Waals surface area contributed by atoms with Gasteiger partial charge >= 0.3 is 5.97 Å². The van der Waals surface area contributed by atoms with Gasteiger partial charge in [0.1, 0.15) is 5.69 Å². The quantitative estimate of drug-likeness (QED) is 0.884. The van der Waals surface area contributed by atoms with Crippen molar-refractivity contribution >= 4 is 5.97 Å². The maximum absolute atomic E-state index is 11.2. The third kappa shape index (κ3) is 2.70. The Kier molecular flexibility index (Phi) is 4.05. The molecule has 1 aromatic heterocycles. The molecular weight excluding hydrogens is 238 g/mol. The number of carboxylic acids is 1. The fraction of sp³-hybridized carbons (Fsp3) is 0.312. The molecule has 1 aromatic carbocycles. The zero-order valence-electron chi connectivity index (χ0n) is 11.4. The summed E-state index contributed by atoms with van der Waals surface area (Å²) in [4.78, 5) is 11.2. The van der Waals surface area contributed by atoms with Crippen LogP contribution in [0.15, 0.2) is 36.4 Å². The number of aromatic carboxylic acids is 1. The normalized spacial score (nSPS) is 10.6. The molecule has 0 aliphatic heterocycles. The van der Waals surface area contributed by atoms with E-state index in [4.69, 9.17) is 0 Å². The van der Waals surface area contributed by atoms with Crippen LogP contribution in [0.2, 0.25) is 0 Å². The molecule has 0 saturated heterocycles. The lowest BCUT2D eigenvalue weighted by Gasteiger charge is -2.11. The number of benzene rings is 1. The van der Waals surface area contributed by atoms with Crippen LogP contribution in [0.5, 0.6) is 0 Å². The van der Waals surface area contributed by atoms with Gasteiger partial charge in [-0.3, -0.25) is 0 Å². The molecule has 1 heterocycles. The molecule has 0 aliphatic carbocycles. The fourth-order valence-electron chi connectivity index (χ4n) is 2.28. The molecule has 0 bridgehead atoms. The Bertz CT molecular complexity index is 567. The highest BCUT2D eigenvalue weighted by Gasteiger charge is 2.14. The molecule has 0 atom stereocenters. The van der Waals surface area contributed by atoms with Crippen LogP contribution in [-0.2, 0) is 13.0 Å². The van der Waals surface area contributed by atoms with Gasteiger partial charge in [0.05, 0.1) is 0 Å². The van der Waals surface area contributed by atoms with E-state index in [-0.39, 0.29) is 0 Å². The summed E-state index contributed by atoms with van der Waals surface area (Å²) in [7, 11) is 0.